The molecule has 124 valence electrons. The van der Waals surface area contributed by atoms with E-state index in [1.807, 2.05) is 4.90 Å². The maximum Gasteiger partial charge on any atom is 0.178 e. The Labute approximate surface area is 136 Å². The molecule has 6 nitrogen and oxygen atoms in total. The van der Waals surface area contributed by atoms with Crippen molar-refractivity contribution in [2.45, 2.75) is 25.5 Å². The summed E-state index contributed by atoms with van der Waals surface area (Å²) in [6, 6.07) is 7.11. The molecule has 1 fully saturated rings. The molecule has 0 saturated carbocycles. The number of nitrogens with zero attached hydrogens (tertiary/aromatic N) is 5. The van der Waals surface area contributed by atoms with E-state index in [1.165, 1.54) is 12.1 Å². The van der Waals surface area contributed by atoms with Gasteiger partial charge < -0.3 is 10.0 Å². The summed E-state index contributed by atoms with van der Waals surface area (Å²) in [4.78, 5) is 1.89. The van der Waals surface area contributed by atoms with E-state index in [0.29, 0.717) is 35.8 Å². The fourth-order valence-corrected chi connectivity index (χ4v) is 3.14. The number of rotatable bonds is 2. The van der Waals surface area contributed by atoms with Gasteiger partial charge in [0.1, 0.15) is 5.82 Å². The van der Waals surface area contributed by atoms with E-state index in [4.69, 9.17) is 0 Å². The number of β-amino-alcohol motifs (C(OH)–C–C–N with tert-alkyl or cyclic N) is 1. The van der Waals surface area contributed by atoms with Crippen molar-refractivity contribution < 1.29 is 13.9 Å². The number of aryl methyl sites for hydroxylation is 1. The van der Waals surface area contributed by atoms with E-state index in [9.17, 15) is 13.9 Å². The van der Waals surface area contributed by atoms with Crippen molar-refractivity contribution >= 4 is 11.5 Å². The molecule has 0 aliphatic carbocycles. The van der Waals surface area contributed by atoms with Crippen LogP contribution in [0.5, 0.6) is 0 Å². The monoisotopic (exact) mass is 331 g/mol. The highest BCUT2D eigenvalue weighted by atomic mass is 19.2. The molecule has 1 aromatic carbocycles. The van der Waals surface area contributed by atoms with Gasteiger partial charge in [-0.2, -0.15) is 4.52 Å². The van der Waals surface area contributed by atoms with Gasteiger partial charge in [0.25, 0.3) is 0 Å². The first-order valence-corrected chi connectivity index (χ1v) is 7.61. The minimum atomic E-state index is -0.896. The number of hydrogen-bond donors (Lipinski definition) is 1. The molecule has 0 spiro atoms. The first-order chi connectivity index (χ1) is 11.5. The largest absolute Gasteiger partial charge is 0.391 e. The molecule has 8 heteroatoms. The minimum absolute atomic E-state index is 0.281. The van der Waals surface area contributed by atoms with Crippen LogP contribution in [-0.4, -0.2) is 37.6 Å². The Balaban J connectivity index is 1.75. The zero-order chi connectivity index (χ0) is 16.8. The molecular formula is C16H15F2N5O. The highest BCUT2D eigenvalue weighted by Gasteiger charge is 2.33. The van der Waals surface area contributed by atoms with Crippen molar-refractivity contribution in [1.29, 1.82) is 0 Å². The van der Waals surface area contributed by atoms with Gasteiger partial charge >= 0.3 is 0 Å². The highest BCUT2D eigenvalue weighted by Crippen LogP contribution is 2.35. The van der Waals surface area contributed by atoms with Crippen LogP contribution in [0.25, 0.3) is 5.65 Å². The average Bonchev–Trinajstić information content (AvgIpc) is 3.13. The van der Waals surface area contributed by atoms with Gasteiger partial charge in [0.2, 0.25) is 0 Å². The molecule has 4 rings (SSSR count). The normalized spacial score (nSPS) is 20.9. The minimum Gasteiger partial charge on any atom is -0.391 e. The maximum absolute atomic E-state index is 13.6. The Morgan fingerprint density at radius 2 is 1.96 bits per heavy atom. The van der Waals surface area contributed by atoms with Crippen molar-refractivity contribution in [2.75, 3.05) is 11.4 Å². The molecule has 24 heavy (non-hydrogen) atoms. The second-order valence-electron chi connectivity index (χ2n) is 5.94. The molecule has 1 N–H and O–H groups in total. The summed E-state index contributed by atoms with van der Waals surface area (Å²) >= 11 is 0. The van der Waals surface area contributed by atoms with Crippen molar-refractivity contribution in [3.05, 3.63) is 53.4 Å². The van der Waals surface area contributed by atoms with Gasteiger partial charge in [-0.15, -0.1) is 15.3 Å². The standard InChI is InChI=1S/C16H15F2N5O/c1-9-19-20-15-4-5-16(21-23(9)15)22-8-11(24)7-14(22)10-2-3-12(17)13(18)6-10/h2-6,11,14,24H,7-8H2,1H3/t11-,14-/m0/s1. The Kier molecular flexibility index (Phi) is 3.42. The van der Waals surface area contributed by atoms with Gasteiger partial charge in [-0.25, -0.2) is 8.78 Å². The fraction of sp³-hybridized carbons (Fsp3) is 0.312. The first kappa shape index (κ1) is 14.9. The smallest absolute Gasteiger partial charge is 0.178 e. The van der Waals surface area contributed by atoms with Crippen LogP contribution in [0, 0.1) is 18.6 Å². The number of halogens is 2. The van der Waals surface area contributed by atoms with Gasteiger partial charge in [-0.3, -0.25) is 0 Å². The van der Waals surface area contributed by atoms with Crippen LogP contribution in [-0.2, 0) is 0 Å². The quantitative estimate of drug-likeness (QED) is 0.778. The van der Waals surface area contributed by atoms with Crippen LogP contribution in [0.1, 0.15) is 23.9 Å². The summed E-state index contributed by atoms with van der Waals surface area (Å²) in [5.41, 5.74) is 1.23. The molecule has 0 radical (unpaired) electrons. The number of hydrogen-bond acceptors (Lipinski definition) is 5. The van der Waals surface area contributed by atoms with Crippen molar-refractivity contribution in [2.24, 2.45) is 0 Å². The van der Waals surface area contributed by atoms with Gasteiger partial charge in [0.05, 0.1) is 12.1 Å². The Morgan fingerprint density at radius 3 is 2.75 bits per heavy atom. The van der Waals surface area contributed by atoms with Gasteiger partial charge in [0, 0.05) is 6.54 Å². The second kappa shape index (κ2) is 5.48. The molecule has 0 unspecified atom stereocenters. The fourth-order valence-electron chi connectivity index (χ4n) is 3.14. The predicted molar refractivity (Wildman–Crippen MR) is 82.6 cm³/mol. The number of fused-ring (bicyclic) bond motifs is 1. The summed E-state index contributed by atoms with van der Waals surface area (Å²) in [6.45, 7) is 2.16. The number of anilines is 1. The average molecular weight is 331 g/mol. The van der Waals surface area contributed by atoms with Crippen LogP contribution in [0.15, 0.2) is 30.3 Å². The number of aromatic nitrogens is 4. The summed E-state index contributed by atoms with van der Waals surface area (Å²) in [6.07, 6.45) is -0.144. The molecule has 3 heterocycles. The van der Waals surface area contributed by atoms with E-state index >= 15 is 0 Å². The van der Waals surface area contributed by atoms with Crippen LogP contribution < -0.4 is 4.90 Å². The second-order valence-corrected chi connectivity index (χ2v) is 5.94. The van der Waals surface area contributed by atoms with E-state index in [2.05, 4.69) is 15.3 Å². The molecular weight excluding hydrogens is 316 g/mol. The predicted octanol–water partition coefficient (Wildman–Crippen LogP) is 2.02. The highest BCUT2D eigenvalue weighted by molar-refractivity contribution is 5.49. The lowest BCUT2D eigenvalue weighted by molar-refractivity contribution is 0.194. The van der Waals surface area contributed by atoms with E-state index in [0.717, 1.165) is 6.07 Å². The third-order valence-electron chi connectivity index (χ3n) is 4.31. The number of benzene rings is 1. The third-order valence-corrected chi connectivity index (χ3v) is 4.31. The van der Waals surface area contributed by atoms with E-state index in [1.54, 1.807) is 23.6 Å². The zero-order valence-corrected chi connectivity index (χ0v) is 12.9. The van der Waals surface area contributed by atoms with Gasteiger partial charge in [-0.1, -0.05) is 6.07 Å². The Morgan fingerprint density at radius 1 is 1.12 bits per heavy atom. The lowest BCUT2D eigenvalue weighted by atomic mass is 10.0. The molecule has 2 aromatic heterocycles. The first-order valence-electron chi connectivity index (χ1n) is 7.61. The summed E-state index contributed by atoms with van der Waals surface area (Å²) in [7, 11) is 0. The van der Waals surface area contributed by atoms with Crippen LogP contribution in [0.4, 0.5) is 14.6 Å². The third kappa shape index (κ3) is 2.39. The molecule has 0 amide bonds. The summed E-state index contributed by atoms with van der Waals surface area (Å²) < 4.78 is 28.4. The molecule has 1 saturated heterocycles. The summed E-state index contributed by atoms with van der Waals surface area (Å²) in [5.74, 6) is -0.511. The van der Waals surface area contributed by atoms with Crippen LogP contribution >= 0.6 is 0 Å². The molecule has 1 aliphatic rings. The van der Waals surface area contributed by atoms with Gasteiger partial charge in [-0.05, 0) is 43.2 Å². The van der Waals surface area contributed by atoms with E-state index < -0.39 is 17.7 Å². The van der Waals surface area contributed by atoms with Crippen LogP contribution in [0.3, 0.4) is 0 Å². The van der Waals surface area contributed by atoms with E-state index in [-0.39, 0.29) is 6.04 Å². The van der Waals surface area contributed by atoms with Crippen molar-refractivity contribution in [3.8, 4) is 0 Å². The van der Waals surface area contributed by atoms with Crippen molar-refractivity contribution in [1.82, 2.24) is 19.8 Å². The molecule has 2 atom stereocenters. The number of aliphatic hydroxyl groups is 1. The number of aliphatic hydroxyl groups excluding tert-OH is 1. The molecule has 3 aromatic rings. The lowest BCUT2D eigenvalue weighted by Gasteiger charge is -2.25. The Bertz CT molecular complexity index is 913. The molecule has 0 bridgehead atoms. The summed E-state index contributed by atoms with van der Waals surface area (Å²) in [5, 5.41) is 22.5. The topological polar surface area (TPSA) is 66.5 Å². The maximum atomic E-state index is 13.6. The Hall–Kier alpha value is -2.61. The molecule has 1 aliphatic heterocycles. The zero-order valence-electron chi connectivity index (χ0n) is 12.9. The lowest BCUT2D eigenvalue weighted by Crippen LogP contribution is -2.26. The SMILES string of the molecule is Cc1nnc2ccc(N3C[C@@H](O)C[C@H]3c3ccc(F)c(F)c3)nn12. The van der Waals surface area contributed by atoms with Crippen molar-refractivity contribution in [3.63, 3.8) is 0 Å². The van der Waals surface area contributed by atoms with Gasteiger partial charge in [0.15, 0.2) is 23.1 Å². The van der Waals surface area contributed by atoms with Crippen LogP contribution in [0.2, 0.25) is 0 Å².